The van der Waals surface area contributed by atoms with Crippen LogP contribution in [-0.4, -0.2) is 26.8 Å². The van der Waals surface area contributed by atoms with Gasteiger partial charge >= 0.3 is 0 Å². The lowest BCUT2D eigenvalue weighted by atomic mass is 9.87. The molecule has 0 saturated carbocycles. The molecule has 1 N–H and O–H groups in total. The third kappa shape index (κ3) is 4.53. The van der Waals surface area contributed by atoms with Gasteiger partial charge in [0.25, 0.3) is 0 Å². The first kappa shape index (κ1) is 14.2. The van der Waals surface area contributed by atoms with Crippen molar-refractivity contribution in [3.8, 4) is 0 Å². The third-order valence-electron chi connectivity index (χ3n) is 2.65. The molecule has 0 radical (unpaired) electrons. The summed E-state index contributed by atoms with van der Waals surface area (Å²) >= 11 is 5.34. The SMILES string of the molecule is COCCNCCC(C)(C)c1ccc(Br)s1. The van der Waals surface area contributed by atoms with Gasteiger partial charge in [0.05, 0.1) is 10.4 Å². The molecule has 1 rings (SSSR count). The summed E-state index contributed by atoms with van der Waals surface area (Å²) in [6.07, 6.45) is 1.14. The van der Waals surface area contributed by atoms with E-state index in [9.17, 15) is 0 Å². The van der Waals surface area contributed by atoms with Crippen LogP contribution < -0.4 is 5.32 Å². The molecule has 16 heavy (non-hydrogen) atoms. The van der Waals surface area contributed by atoms with Gasteiger partial charge in [-0.2, -0.15) is 0 Å². The summed E-state index contributed by atoms with van der Waals surface area (Å²) in [6.45, 7) is 7.34. The first-order valence-corrected chi connectivity index (χ1v) is 7.12. The molecule has 1 aromatic rings. The van der Waals surface area contributed by atoms with Crippen molar-refractivity contribution in [3.63, 3.8) is 0 Å². The monoisotopic (exact) mass is 305 g/mol. The number of nitrogens with one attached hydrogen (secondary N) is 1. The lowest BCUT2D eigenvalue weighted by Crippen LogP contribution is -2.26. The minimum absolute atomic E-state index is 0.247. The van der Waals surface area contributed by atoms with Gasteiger partial charge in [0.1, 0.15) is 0 Å². The molecule has 1 heterocycles. The Balaban J connectivity index is 2.34. The molecule has 0 unspecified atom stereocenters. The van der Waals surface area contributed by atoms with E-state index in [0.717, 1.165) is 26.1 Å². The Hall–Kier alpha value is 0.1000. The van der Waals surface area contributed by atoms with E-state index in [-0.39, 0.29) is 5.41 Å². The van der Waals surface area contributed by atoms with Gasteiger partial charge < -0.3 is 10.1 Å². The van der Waals surface area contributed by atoms with Crippen LogP contribution in [0.5, 0.6) is 0 Å². The Morgan fingerprint density at radius 2 is 2.12 bits per heavy atom. The highest BCUT2D eigenvalue weighted by molar-refractivity contribution is 9.11. The highest BCUT2D eigenvalue weighted by Gasteiger charge is 2.21. The molecule has 2 nitrogen and oxygen atoms in total. The van der Waals surface area contributed by atoms with Gasteiger partial charge in [0, 0.05) is 23.9 Å². The molecule has 0 bridgehead atoms. The minimum atomic E-state index is 0.247. The summed E-state index contributed by atoms with van der Waals surface area (Å²) in [5.74, 6) is 0. The van der Waals surface area contributed by atoms with Gasteiger partial charge in [-0.1, -0.05) is 13.8 Å². The fraction of sp³-hybridized carbons (Fsp3) is 0.667. The van der Waals surface area contributed by atoms with Crippen LogP contribution in [0.15, 0.2) is 15.9 Å². The molecule has 0 spiro atoms. The second kappa shape index (κ2) is 6.74. The first-order chi connectivity index (χ1) is 7.56. The number of hydrogen-bond donors (Lipinski definition) is 1. The Morgan fingerprint density at radius 3 is 2.69 bits per heavy atom. The van der Waals surface area contributed by atoms with E-state index in [2.05, 4.69) is 47.2 Å². The number of rotatable bonds is 7. The van der Waals surface area contributed by atoms with Crippen molar-refractivity contribution in [1.82, 2.24) is 5.32 Å². The second-order valence-corrected chi connectivity index (χ2v) is 6.94. The summed E-state index contributed by atoms with van der Waals surface area (Å²) in [7, 11) is 1.73. The van der Waals surface area contributed by atoms with Crippen LogP contribution in [0.25, 0.3) is 0 Å². The van der Waals surface area contributed by atoms with E-state index in [1.807, 2.05) is 11.3 Å². The molecule has 0 aliphatic rings. The zero-order chi connectivity index (χ0) is 12.0. The molecule has 92 valence electrons. The molecule has 0 atom stereocenters. The largest absolute Gasteiger partial charge is 0.383 e. The molecule has 0 fully saturated rings. The average Bonchev–Trinajstić information content (AvgIpc) is 2.65. The van der Waals surface area contributed by atoms with Crippen LogP contribution in [-0.2, 0) is 10.2 Å². The predicted molar refractivity (Wildman–Crippen MR) is 74.4 cm³/mol. The summed E-state index contributed by atoms with van der Waals surface area (Å²) < 4.78 is 6.21. The molecule has 0 aliphatic heterocycles. The number of ether oxygens (including phenoxy) is 1. The Labute approximate surface area is 111 Å². The van der Waals surface area contributed by atoms with E-state index >= 15 is 0 Å². The van der Waals surface area contributed by atoms with Crippen molar-refractivity contribution in [2.24, 2.45) is 0 Å². The molecule has 4 heteroatoms. The van der Waals surface area contributed by atoms with E-state index in [0.29, 0.717) is 0 Å². The van der Waals surface area contributed by atoms with Crippen molar-refractivity contribution in [1.29, 1.82) is 0 Å². The average molecular weight is 306 g/mol. The fourth-order valence-corrected chi connectivity index (χ4v) is 3.02. The summed E-state index contributed by atoms with van der Waals surface area (Å²) in [4.78, 5) is 1.44. The maximum absolute atomic E-state index is 5.00. The number of methoxy groups -OCH3 is 1. The maximum Gasteiger partial charge on any atom is 0.0701 e. The first-order valence-electron chi connectivity index (χ1n) is 5.52. The van der Waals surface area contributed by atoms with Crippen LogP contribution in [0, 0.1) is 0 Å². The van der Waals surface area contributed by atoms with Crippen molar-refractivity contribution >= 4 is 27.3 Å². The lowest BCUT2D eigenvalue weighted by molar-refractivity contribution is 0.198. The zero-order valence-corrected chi connectivity index (χ0v) is 12.6. The van der Waals surface area contributed by atoms with Crippen molar-refractivity contribution in [2.45, 2.75) is 25.7 Å². The van der Waals surface area contributed by atoms with Gasteiger partial charge in [0.15, 0.2) is 0 Å². The number of thiophene rings is 1. The molecule has 1 aromatic heterocycles. The van der Waals surface area contributed by atoms with Crippen molar-refractivity contribution in [2.75, 3.05) is 26.8 Å². The van der Waals surface area contributed by atoms with Gasteiger partial charge in [-0.15, -0.1) is 11.3 Å². The predicted octanol–water partition coefficient (Wildman–Crippen LogP) is 3.41. The topological polar surface area (TPSA) is 21.3 Å². The Bertz CT molecular complexity index is 312. The smallest absolute Gasteiger partial charge is 0.0701 e. The second-order valence-electron chi connectivity index (χ2n) is 4.48. The molecule has 0 saturated heterocycles. The highest BCUT2D eigenvalue weighted by Crippen LogP contribution is 2.34. The van der Waals surface area contributed by atoms with Crippen molar-refractivity contribution < 1.29 is 4.74 Å². The van der Waals surface area contributed by atoms with Crippen LogP contribution in [0.3, 0.4) is 0 Å². The van der Waals surface area contributed by atoms with Gasteiger partial charge in [-0.05, 0) is 41.0 Å². The van der Waals surface area contributed by atoms with Gasteiger partial charge in [0.2, 0.25) is 0 Å². The van der Waals surface area contributed by atoms with Crippen LogP contribution in [0.4, 0.5) is 0 Å². The standard InChI is InChI=1S/C12H20BrNOS/c1-12(2,6-7-14-8-9-15-3)10-4-5-11(13)16-10/h4-5,14H,6-9H2,1-3H3. The lowest BCUT2D eigenvalue weighted by Gasteiger charge is -2.23. The molecule has 0 aliphatic carbocycles. The minimum Gasteiger partial charge on any atom is -0.383 e. The molecule has 0 aromatic carbocycles. The van der Waals surface area contributed by atoms with Crippen LogP contribution >= 0.6 is 27.3 Å². The van der Waals surface area contributed by atoms with Crippen molar-refractivity contribution in [3.05, 3.63) is 20.8 Å². The van der Waals surface area contributed by atoms with E-state index in [1.54, 1.807) is 7.11 Å². The summed E-state index contributed by atoms with van der Waals surface area (Å²) in [5.41, 5.74) is 0.247. The summed E-state index contributed by atoms with van der Waals surface area (Å²) in [6, 6.07) is 4.34. The van der Waals surface area contributed by atoms with E-state index < -0.39 is 0 Å². The normalized spacial score (nSPS) is 12.0. The highest BCUT2D eigenvalue weighted by atomic mass is 79.9. The van der Waals surface area contributed by atoms with Crippen LogP contribution in [0.1, 0.15) is 25.1 Å². The maximum atomic E-state index is 5.00. The fourth-order valence-electron chi connectivity index (χ4n) is 1.50. The van der Waals surface area contributed by atoms with Gasteiger partial charge in [-0.3, -0.25) is 0 Å². The Kier molecular flexibility index (Phi) is 5.97. The van der Waals surface area contributed by atoms with E-state index in [1.165, 1.54) is 8.66 Å². The number of halogens is 1. The van der Waals surface area contributed by atoms with Crippen LogP contribution in [0.2, 0.25) is 0 Å². The number of hydrogen-bond acceptors (Lipinski definition) is 3. The van der Waals surface area contributed by atoms with E-state index in [4.69, 9.17) is 4.74 Å². The summed E-state index contributed by atoms with van der Waals surface area (Å²) in [5, 5.41) is 3.39. The Morgan fingerprint density at radius 1 is 1.38 bits per heavy atom. The molecular formula is C12H20BrNOS. The quantitative estimate of drug-likeness (QED) is 0.780. The van der Waals surface area contributed by atoms with Gasteiger partial charge in [-0.25, -0.2) is 0 Å². The molecular weight excluding hydrogens is 286 g/mol. The zero-order valence-electron chi connectivity index (χ0n) is 10.2. The third-order valence-corrected chi connectivity index (χ3v) is 4.64. The molecule has 0 amide bonds.